The Hall–Kier alpha value is -0.520. The van der Waals surface area contributed by atoms with Crippen molar-refractivity contribution >= 4 is 0 Å². The molecule has 1 rings (SSSR count). The zero-order valence-corrected chi connectivity index (χ0v) is 5.30. The van der Waals surface area contributed by atoms with E-state index in [1.54, 1.807) is 0 Å². The van der Waals surface area contributed by atoms with E-state index in [-0.39, 0.29) is 6.04 Å². The van der Waals surface area contributed by atoms with E-state index in [1.807, 2.05) is 0 Å². The van der Waals surface area contributed by atoms with Gasteiger partial charge >= 0.3 is 0 Å². The van der Waals surface area contributed by atoms with Gasteiger partial charge in [-0.3, -0.25) is 0 Å². The molecule has 0 heterocycles. The molecule has 0 bridgehead atoms. The Balaban J connectivity index is 2.34. The van der Waals surface area contributed by atoms with E-state index in [9.17, 15) is 5.11 Å². The predicted octanol–water partition coefficient (Wildman–Crippen LogP) is -0.138. The number of aliphatic hydroxyl groups is 1. The molecule has 3 N–H and O–H groups in total. The molecule has 2 nitrogen and oxygen atoms in total. The lowest BCUT2D eigenvalue weighted by atomic mass is 9.74. The molecule has 0 aromatic rings. The van der Waals surface area contributed by atoms with Crippen LogP contribution < -0.4 is 5.73 Å². The van der Waals surface area contributed by atoms with Crippen LogP contribution in [-0.2, 0) is 0 Å². The van der Waals surface area contributed by atoms with Crippen molar-refractivity contribution in [3.8, 4) is 12.3 Å². The first-order valence-corrected chi connectivity index (χ1v) is 3.08. The molecule has 0 spiro atoms. The van der Waals surface area contributed by atoms with Crippen LogP contribution in [-0.4, -0.2) is 16.7 Å². The van der Waals surface area contributed by atoms with Crippen molar-refractivity contribution in [3.63, 3.8) is 0 Å². The molecule has 0 amide bonds. The molecule has 2 heteroatoms. The second-order valence-electron chi connectivity index (χ2n) is 2.77. The Morgan fingerprint density at radius 3 is 2.67 bits per heavy atom. The van der Waals surface area contributed by atoms with Gasteiger partial charge in [-0.25, -0.2) is 0 Å². The Morgan fingerprint density at radius 1 is 1.78 bits per heavy atom. The molecule has 0 aromatic heterocycles. The molecule has 1 aliphatic carbocycles. The molecular weight excluding hydrogens is 114 g/mol. The van der Waals surface area contributed by atoms with Gasteiger partial charge in [-0.05, 0) is 12.8 Å². The largest absolute Gasteiger partial charge is 0.389 e. The zero-order valence-electron chi connectivity index (χ0n) is 5.30. The van der Waals surface area contributed by atoms with E-state index in [4.69, 9.17) is 12.2 Å². The summed E-state index contributed by atoms with van der Waals surface area (Å²) in [5.74, 6) is 2.43. The van der Waals surface area contributed by atoms with Crippen molar-refractivity contribution in [3.05, 3.63) is 0 Å². The Morgan fingerprint density at radius 2 is 2.33 bits per heavy atom. The third kappa shape index (κ3) is 1.24. The monoisotopic (exact) mass is 125 g/mol. The van der Waals surface area contributed by atoms with Crippen molar-refractivity contribution in [2.75, 3.05) is 0 Å². The Labute approximate surface area is 55.1 Å². The van der Waals surface area contributed by atoms with Crippen molar-refractivity contribution in [1.29, 1.82) is 0 Å². The quantitative estimate of drug-likeness (QED) is 0.479. The maximum Gasteiger partial charge on any atom is 0.0785 e. The minimum Gasteiger partial charge on any atom is -0.389 e. The molecule has 0 saturated heterocycles. The lowest BCUT2D eigenvalue weighted by Crippen LogP contribution is -2.51. The fraction of sp³-hybridized carbons (Fsp3) is 0.714. The summed E-state index contributed by atoms with van der Waals surface area (Å²) in [7, 11) is 0. The van der Waals surface area contributed by atoms with E-state index in [0.717, 1.165) is 0 Å². The summed E-state index contributed by atoms with van der Waals surface area (Å²) < 4.78 is 0. The van der Waals surface area contributed by atoms with Crippen molar-refractivity contribution in [1.82, 2.24) is 0 Å². The van der Waals surface area contributed by atoms with Gasteiger partial charge in [0.2, 0.25) is 0 Å². The average molecular weight is 125 g/mol. The van der Waals surface area contributed by atoms with E-state index in [2.05, 4.69) is 5.92 Å². The van der Waals surface area contributed by atoms with Crippen LogP contribution in [0.1, 0.15) is 19.3 Å². The molecule has 9 heavy (non-hydrogen) atoms. The Bertz CT molecular complexity index is 141. The van der Waals surface area contributed by atoms with Crippen LogP contribution in [0.5, 0.6) is 0 Å². The maximum atomic E-state index is 9.36. The molecule has 1 fully saturated rings. The molecule has 0 aliphatic heterocycles. The number of hydrogen-bond acceptors (Lipinski definition) is 2. The van der Waals surface area contributed by atoms with Crippen molar-refractivity contribution in [2.24, 2.45) is 5.73 Å². The molecule has 1 saturated carbocycles. The zero-order chi connectivity index (χ0) is 6.91. The Kier molecular flexibility index (Phi) is 1.48. The maximum absolute atomic E-state index is 9.36. The first kappa shape index (κ1) is 6.60. The van der Waals surface area contributed by atoms with Gasteiger partial charge in [-0.2, -0.15) is 0 Å². The van der Waals surface area contributed by atoms with Crippen LogP contribution in [0.15, 0.2) is 0 Å². The molecule has 0 radical (unpaired) electrons. The molecule has 0 aromatic carbocycles. The first-order valence-electron chi connectivity index (χ1n) is 3.08. The van der Waals surface area contributed by atoms with Gasteiger partial charge < -0.3 is 10.8 Å². The molecule has 1 aliphatic rings. The van der Waals surface area contributed by atoms with Crippen molar-refractivity contribution < 1.29 is 5.11 Å². The van der Waals surface area contributed by atoms with Crippen molar-refractivity contribution in [2.45, 2.75) is 30.9 Å². The minimum atomic E-state index is -0.617. The second-order valence-corrected chi connectivity index (χ2v) is 2.77. The summed E-state index contributed by atoms with van der Waals surface area (Å²) in [6.45, 7) is 0. The second kappa shape index (κ2) is 2.02. The van der Waals surface area contributed by atoms with Gasteiger partial charge in [0.25, 0.3) is 0 Å². The lowest BCUT2D eigenvalue weighted by Gasteiger charge is -2.40. The fourth-order valence-electron chi connectivity index (χ4n) is 1.25. The van der Waals surface area contributed by atoms with Crippen LogP contribution >= 0.6 is 0 Å². The van der Waals surface area contributed by atoms with E-state index >= 15 is 0 Å². The summed E-state index contributed by atoms with van der Waals surface area (Å²) in [5, 5.41) is 9.36. The topological polar surface area (TPSA) is 46.2 Å². The minimum absolute atomic E-state index is 0.170. The van der Waals surface area contributed by atoms with Gasteiger partial charge in [0.15, 0.2) is 0 Å². The van der Waals surface area contributed by atoms with Gasteiger partial charge in [-0.15, -0.1) is 12.3 Å². The molecular formula is C7H11NO. The van der Waals surface area contributed by atoms with Gasteiger partial charge in [0.05, 0.1) is 5.60 Å². The smallest absolute Gasteiger partial charge is 0.0785 e. The van der Waals surface area contributed by atoms with Gasteiger partial charge in [0.1, 0.15) is 0 Å². The highest BCUT2D eigenvalue weighted by molar-refractivity contribution is 5.04. The van der Waals surface area contributed by atoms with E-state index in [1.165, 1.54) is 0 Å². The summed E-state index contributed by atoms with van der Waals surface area (Å²) in [6, 6.07) is 0.170. The highest BCUT2D eigenvalue weighted by Crippen LogP contribution is 2.33. The lowest BCUT2D eigenvalue weighted by molar-refractivity contribution is -0.0413. The fourth-order valence-corrected chi connectivity index (χ4v) is 1.25. The van der Waals surface area contributed by atoms with Crippen LogP contribution in [0.25, 0.3) is 0 Å². The molecule has 50 valence electrons. The van der Waals surface area contributed by atoms with Gasteiger partial charge in [-0.1, -0.05) is 0 Å². The molecule has 0 atom stereocenters. The third-order valence-electron chi connectivity index (χ3n) is 1.72. The standard InChI is InChI=1S/C7H11NO/c1-2-3-7(9)4-6(8)5-7/h1,6,9H,3-5,8H2. The average Bonchev–Trinajstić information content (AvgIpc) is 1.62. The summed E-state index contributed by atoms with van der Waals surface area (Å²) >= 11 is 0. The highest BCUT2D eigenvalue weighted by Gasteiger charge is 2.39. The number of terminal acetylenes is 1. The van der Waals surface area contributed by atoms with Gasteiger partial charge in [0, 0.05) is 12.5 Å². The van der Waals surface area contributed by atoms with Crippen LogP contribution in [0, 0.1) is 12.3 Å². The highest BCUT2D eigenvalue weighted by atomic mass is 16.3. The molecule has 0 unspecified atom stereocenters. The number of hydrogen-bond donors (Lipinski definition) is 2. The summed E-state index contributed by atoms with van der Waals surface area (Å²) in [6.07, 6.45) is 6.79. The summed E-state index contributed by atoms with van der Waals surface area (Å²) in [4.78, 5) is 0. The third-order valence-corrected chi connectivity index (χ3v) is 1.72. The van der Waals surface area contributed by atoms with Crippen LogP contribution in [0.2, 0.25) is 0 Å². The number of rotatable bonds is 1. The van der Waals surface area contributed by atoms with E-state index < -0.39 is 5.60 Å². The normalized spacial score (nSPS) is 41.2. The predicted molar refractivity (Wildman–Crippen MR) is 35.6 cm³/mol. The number of nitrogens with two attached hydrogens (primary N) is 1. The van der Waals surface area contributed by atoms with E-state index in [0.29, 0.717) is 19.3 Å². The summed E-state index contributed by atoms with van der Waals surface area (Å²) in [5.41, 5.74) is 4.84. The van der Waals surface area contributed by atoms with Crippen LogP contribution in [0.4, 0.5) is 0 Å². The SMILES string of the molecule is C#CCC1(O)CC(N)C1. The first-order chi connectivity index (χ1) is 4.16. The van der Waals surface area contributed by atoms with Crippen LogP contribution in [0.3, 0.4) is 0 Å².